The SMILES string of the molecule is CCNc1cc(Nc2cc(C)ccc2F)nc(CC)n1. The van der Waals surface area contributed by atoms with Crippen LogP contribution in [0.25, 0.3) is 0 Å². The molecule has 1 heterocycles. The summed E-state index contributed by atoms with van der Waals surface area (Å²) in [4.78, 5) is 8.74. The van der Waals surface area contributed by atoms with Crippen molar-refractivity contribution in [3.05, 3.63) is 41.5 Å². The van der Waals surface area contributed by atoms with Crippen LogP contribution >= 0.6 is 0 Å². The zero-order valence-corrected chi connectivity index (χ0v) is 12.0. The smallest absolute Gasteiger partial charge is 0.146 e. The lowest BCUT2D eigenvalue weighted by Crippen LogP contribution is -2.06. The Morgan fingerprint density at radius 1 is 1.10 bits per heavy atom. The van der Waals surface area contributed by atoms with Gasteiger partial charge in [0.1, 0.15) is 23.3 Å². The van der Waals surface area contributed by atoms with Crippen LogP contribution in [0.3, 0.4) is 0 Å². The molecular formula is C15H19FN4. The van der Waals surface area contributed by atoms with Crippen LogP contribution < -0.4 is 10.6 Å². The first-order valence-electron chi connectivity index (χ1n) is 6.77. The Kier molecular flexibility index (Phi) is 4.50. The maximum Gasteiger partial charge on any atom is 0.146 e. The number of hydrogen-bond donors (Lipinski definition) is 2. The number of rotatable bonds is 5. The minimum Gasteiger partial charge on any atom is -0.370 e. The van der Waals surface area contributed by atoms with E-state index in [-0.39, 0.29) is 5.82 Å². The Labute approximate surface area is 118 Å². The number of aromatic nitrogens is 2. The fourth-order valence-corrected chi connectivity index (χ4v) is 1.86. The van der Waals surface area contributed by atoms with Gasteiger partial charge in [-0.05, 0) is 31.5 Å². The van der Waals surface area contributed by atoms with Crippen molar-refractivity contribution in [1.82, 2.24) is 9.97 Å². The minimum atomic E-state index is -0.294. The first kappa shape index (κ1) is 14.2. The highest BCUT2D eigenvalue weighted by molar-refractivity contribution is 5.60. The molecule has 4 nitrogen and oxygen atoms in total. The Balaban J connectivity index is 2.32. The first-order chi connectivity index (χ1) is 9.62. The molecule has 0 bridgehead atoms. The van der Waals surface area contributed by atoms with Gasteiger partial charge in [0.25, 0.3) is 0 Å². The van der Waals surface area contributed by atoms with Crippen LogP contribution in [-0.2, 0) is 6.42 Å². The molecule has 0 saturated heterocycles. The number of anilines is 3. The number of nitrogens with one attached hydrogen (secondary N) is 2. The summed E-state index contributed by atoms with van der Waals surface area (Å²) in [5, 5.41) is 6.17. The van der Waals surface area contributed by atoms with Gasteiger partial charge in [0, 0.05) is 19.0 Å². The van der Waals surface area contributed by atoms with E-state index in [0.29, 0.717) is 11.5 Å². The molecule has 0 unspecified atom stereocenters. The van der Waals surface area contributed by atoms with Gasteiger partial charge in [-0.3, -0.25) is 0 Å². The Morgan fingerprint density at radius 3 is 2.55 bits per heavy atom. The van der Waals surface area contributed by atoms with Gasteiger partial charge in [0.15, 0.2) is 0 Å². The van der Waals surface area contributed by atoms with Crippen molar-refractivity contribution in [2.75, 3.05) is 17.2 Å². The third-order valence-electron chi connectivity index (χ3n) is 2.83. The van der Waals surface area contributed by atoms with E-state index in [1.54, 1.807) is 18.2 Å². The van der Waals surface area contributed by atoms with Gasteiger partial charge < -0.3 is 10.6 Å². The third kappa shape index (κ3) is 3.44. The molecule has 2 rings (SSSR count). The van der Waals surface area contributed by atoms with Gasteiger partial charge in [0.05, 0.1) is 5.69 Å². The average Bonchev–Trinajstić information content (AvgIpc) is 2.43. The fraction of sp³-hybridized carbons (Fsp3) is 0.333. The minimum absolute atomic E-state index is 0.294. The summed E-state index contributed by atoms with van der Waals surface area (Å²) in [6, 6.07) is 6.73. The van der Waals surface area contributed by atoms with E-state index in [0.717, 1.165) is 30.2 Å². The van der Waals surface area contributed by atoms with Crippen molar-refractivity contribution < 1.29 is 4.39 Å². The molecular weight excluding hydrogens is 255 g/mol. The van der Waals surface area contributed by atoms with Gasteiger partial charge in [0.2, 0.25) is 0 Å². The van der Waals surface area contributed by atoms with Crippen LogP contribution in [0.5, 0.6) is 0 Å². The summed E-state index contributed by atoms with van der Waals surface area (Å²) in [5.74, 6) is 1.77. The van der Waals surface area contributed by atoms with Crippen molar-refractivity contribution in [2.24, 2.45) is 0 Å². The summed E-state index contributed by atoms with van der Waals surface area (Å²) >= 11 is 0. The molecule has 0 amide bonds. The van der Waals surface area contributed by atoms with Crippen LogP contribution in [0, 0.1) is 12.7 Å². The molecule has 2 aromatic rings. The lowest BCUT2D eigenvalue weighted by Gasteiger charge is -2.11. The van der Waals surface area contributed by atoms with Crippen molar-refractivity contribution in [3.63, 3.8) is 0 Å². The first-order valence-corrected chi connectivity index (χ1v) is 6.77. The second kappa shape index (κ2) is 6.32. The van der Waals surface area contributed by atoms with Gasteiger partial charge >= 0.3 is 0 Å². The number of aryl methyl sites for hydroxylation is 2. The third-order valence-corrected chi connectivity index (χ3v) is 2.83. The molecule has 106 valence electrons. The van der Waals surface area contributed by atoms with E-state index in [4.69, 9.17) is 0 Å². The Hall–Kier alpha value is -2.17. The van der Waals surface area contributed by atoms with Crippen LogP contribution in [-0.4, -0.2) is 16.5 Å². The van der Waals surface area contributed by atoms with E-state index in [1.165, 1.54) is 6.07 Å². The zero-order valence-electron chi connectivity index (χ0n) is 12.0. The second-order valence-electron chi connectivity index (χ2n) is 4.55. The standard InChI is InChI=1S/C15H19FN4/c1-4-13-19-14(17-5-2)9-15(20-13)18-12-8-10(3)6-7-11(12)16/h6-9H,4-5H2,1-3H3,(H2,17,18,19,20). The highest BCUT2D eigenvalue weighted by Gasteiger charge is 2.07. The number of hydrogen-bond acceptors (Lipinski definition) is 4. The normalized spacial score (nSPS) is 10.4. The predicted molar refractivity (Wildman–Crippen MR) is 80.0 cm³/mol. The number of benzene rings is 1. The highest BCUT2D eigenvalue weighted by atomic mass is 19.1. The summed E-state index contributed by atoms with van der Waals surface area (Å²) in [6.07, 6.45) is 0.726. The second-order valence-corrected chi connectivity index (χ2v) is 4.55. The number of nitrogens with zero attached hydrogens (tertiary/aromatic N) is 2. The summed E-state index contributed by atoms with van der Waals surface area (Å²) in [6.45, 7) is 6.69. The van der Waals surface area contributed by atoms with Crippen molar-refractivity contribution in [3.8, 4) is 0 Å². The molecule has 2 N–H and O–H groups in total. The Morgan fingerprint density at radius 2 is 1.85 bits per heavy atom. The highest BCUT2D eigenvalue weighted by Crippen LogP contribution is 2.21. The van der Waals surface area contributed by atoms with E-state index in [1.807, 2.05) is 20.8 Å². The molecule has 20 heavy (non-hydrogen) atoms. The molecule has 0 spiro atoms. The van der Waals surface area contributed by atoms with Gasteiger partial charge in [-0.1, -0.05) is 13.0 Å². The van der Waals surface area contributed by atoms with E-state index in [2.05, 4.69) is 20.6 Å². The van der Waals surface area contributed by atoms with E-state index < -0.39 is 0 Å². The average molecular weight is 274 g/mol. The monoisotopic (exact) mass is 274 g/mol. The molecule has 5 heteroatoms. The molecule has 0 aliphatic carbocycles. The quantitative estimate of drug-likeness (QED) is 0.873. The van der Waals surface area contributed by atoms with Crippen LogP contribution in [0.15, 0.2) is 24.3 Å². The molecule has 1 aromatic heterocycles. The molecule has 0 saturated carbocycles. The summed E-state index contributed by atoms with van der Waals surface area (Å²) in [5.41, 5.74) is 1.42. The fourth-order valence-electron chi connectivity index (χ4n) is 1.86. The lowest BCUT2D eigenvalue weighted by molar-refractivity contribution is 0.631. The van der Waals surface area contributed by atoms with Gasteiger partial charge in [-0.2, -0.15) is 0 Å². The topological polar surface area (TPSA) is 49.8 Å². The molecule has 0 aliphatic heterocycles. The van der Waals surface area contributed by atoms with Crippen LogP contribution in [0.2, 0.25) is 0 Å². The molecule has 1 aromatic carbocycles. The van der Waals surface area contributed by atoms with E-state index in [9.17, 15) is 4.39 Å². The predicted octanol–water partition coefficient (Wildman–Crippen LogP) is 3.66. The maximum atomic E-state index is 13.8. The zero-order chi connectivity index (χ0) is 14.5. The lowest BCUT2D eigenvalue weighted by atomic mass is 10.2. The van der Waals surface area contributed by atoms with Crippen LogP contribution in [0.4, 0.5) is 21.7 Å². The van der Waals surface area contributed by atoms with Gasteiger partial charge in [-0.25, -0.2) is 14.4 Å². The molecule has 0 radical (unpaired) electrons. The molecule has 0 atom stereocenters. The molecule has 0 aliphatic rings. The van der Waals surface area contributed by atoms with Gasteiger partial charge in [-0.15, -0.1) is 0 Å². The summed E-state index contributed by atoms with van der Waals surface area (Å²) in [7, 11) is 0. The van der Waals surface area contributed by atoms with Crippen molar-refractivity contribution in [2.45, 2.75) is 27.2 Å². The largest absolute Gasteiger partial charge is 0.370 e. The summed E-state index contributed by atoms with van der Waals surface area (Å²) < 4.78 is 13.8. The van der Waals surface area contributed by atoms with E-state index >= 15 is 0 Å². The Bertz CT molecular complexity index is 598. The van der Waals surface area contributed by atoms with Crippen molar-refractivity contribution in [1.29, 1.82) is 0 Å². The number of halogens is 1. The molecule has 0 fully saturated rings. The maximum absolute atomic E-state index is 13.8. The van der Waals surface area contributed by atoms with Crippen LogP contribution in [0.1, 0.15) is 25.2 Å². The van der Waals surface area contributed by atoms with Crippen molar-refractivity contribution >= 4 is 17.3 Å².